The number of anilines is 1. The van der Waals surface area contributed by atoms with E-state index >= 15 is 0 Å². The molecular weight excluding hydrogens is 212 g/mol. The van der Waals surface area contributed by atoms with Crippen LogP contribution in [0.4, 0.5) is 5.82 Å². The van der Waals surface area contributed by atoms with Crippen molar-refractivity contribution in [3.05, 3.63) is 23.0 Å². The maximum atomic E-state index is 11.9. The van der Waals surface area contributed by atoms with Gasteiger partial charge in [-0.2, -0.15) is 0 Å². The molecule has 2 rings (SSSR count). The molecule has 0 aromatic carbocycles. The van der Waals surface area contributed by atoms with Crippen LogP contribution in [0.5, 0.6) is 0 Å². The van der Waals surface area contributed by atoms with Gasteiger partial charge >= 0.3 is 0 Å². The van der Waals surface area contributed by atoms with Crippen LogP contribution in [0, 0.1) is 6.92 Å². The number of nitrogens with zero attached hydrogens (tertiary/aromatic N) is 2. The Morgan fingerprint density at radius 1 is 1.40 bits per heavy atom. The van der Waals surface area contributed by atoms with Crippen molar-refractivity contribution in [2.24, 2.45) is 0 Å². The molecule has 82 valence electrons. The molecule has 1 atom stereocenters. The highest BCUT2D eigenvalue weighted by atomic mass is 32.2. The highest BCUT2D eigenvalue weighted by Crippen LogP contribution is 2.23. The maximum absolute atomic E-state index is 11.9. The first-order valence-electron chi connectivity index (χ1n) is 4.82. The minimum Gasteiger partial charge on any atom is -0.360 e. The fraction of sp³-hybridized carbons (Fsp3) is 0.500. The summed E-state index contributed by atoms with van der Waals surface area (Å²) in [6, 6.07) is 1.81. The standard InChI is InChI=1S/C10H14N2O2S/c1-7-5-12(15(13)6-8(7)2)10-4-9(3)14-11-10/h4H,5-6H2,1-3H3. The average molecular weight is 226 g/mol. The molecule has 5 heteroatoms. The van der Waals surface area contributed by atoms with E-state index < -0.39 is 11.0 Å². The number of rotatable bonds is 1. The summed E-state index contributed by atoms with van der Waals surface area (Å²) in [5.41, 5.74) is 2.47. The van der Waals surface area contributed by atoms with E-state index in [0.29, 0.717) is 18.1 Å². The predicted octanol–water partition coefficient (Wildman–Crippen LogP) is 1.80. The van der Waals surface area contributed by atoms with Crippen molar-refractivity contribution >= 4 is 16.8 Å². The quantitative estimate of drug-likeness (QED) is 0.686. The van der Waals surface area contributed by atoms with E-state index in [0.717, 1.165) is 5.76 Å². The molecule has 0 spiro atoms. The largest absolute Gasteiger partial charge is 0.360 e. The summed E-state index contributed by atoms with van der Waals surface area (Å²) in [4.78, 5) is 0. The summed E-state index contributed by atoms with van der Waals surface area (Å²) in [6.45, 7) is 6.59. The molecule has 4 nitrogen and oxygen atoms in total. The van der Waals surface area contributed by atoms with Crippen LogP contribution in [-0.4, -0.2) is 21.7 Å². The zero-order valence-electron chi connectivity index (χ0n) is 9.11. The molecule has 0 bridgehead atoms. The molecule has 1 aliphatic rings. The summed E-state index contributed by atoms with van der Waals surface area (Å²) in [5.74, 6) is 2.00. The summed E-state index contributed by atoms with van der Waals surface area (Å²) in [7, 11) is -1.01. The topological polar surface area (TPSA) is 46.3 Å². The van der Waals surface area contributed by atoms with Crippen molar-refractivity contribution in [1.29, 1.82) is 0 Å². The minimum absolute atomic E-state index is 0.595. The number of hydrogen-bond donors (Lipinski definition) is 0. The molecule has 1 aromatic heterocycles. The molecule has 1 aromatic rings. The van der Waals surface area contributed by atoms with E-state index in [9.17, 15) is 4.21 Å². The van der Waals surface area contributed by atoms with E-state index in [1.165, 1.54) is 11.1 Å². The van der Waals surface area contributed by atoms with Gasteiger partial charge in [0, 0.05) is 6.07 Å². The summed E-state index contributed by atoms with van der Waals surface area (Å²) in [5, 5.41) is 3.88. The molecule has 0 amide bonds. The van der Waals surface area contributed by atoms with Crippen molar-refractivity contribution in [3.63, 3.8) is 0 Å². The van der Waals surface area contributed by atoms with Gasteiger partial charge in [-0.25, -0.2) is 4.21 Å². The van der Waals surface area contributed by atoms with Crippen molar-refractivity contribution < 1.29 is 8.73 Å². The Bertz CT molecular complexity index is 436. The Balaban J connectivity index is 2.29. The lowest BCUT2D eigenvalue weighted by atomic mass is 10.2. The number of aryl methyl sites for hydroxylation is 1. The number of aromatic nitrogens is 1. The van der Waals surface area contributed by atoms with Gasteiger partial charge in [0.1, 0.15) is 16.7 Å². The second-order valence-electron chi connectivity index (χ2n) is 3.86. The molecular formula is C10H14N2O2S. The first-order valence-corrected chi connectivity index (χ1v) is 6.10. The zero-order chi connectivity index (χ0) is 11.0. The molecule has 1 aliphatic heterocycles. The van der Waals surface area contributed by atoms with Crippen LogP contribution in [0.15, 0.2) is 21.7 Å². The van der Waals surface area contributed by atoms with E-state index in [-0.39, 0.29) is 0 Å². The Morgan fingerprint density at radius 3 is 2.73 bits per heavy atom. The van der Waals surface area contributed by atoms with Crippen LogP contribution in [0.2, 0.25) is 0 Å². The third kappa shape index (κ3) is 1.97. The molecule has 0 aliphatic carbocycles. The predicted molar refractivity (Wildman–Crippen MR) is 60.0 cm³/mol. The van der Waals surface area contributed by atoms with Gasteiger partial charge in [-0.15, -0.1) is 0 Å². The number of hydrogen-bond acceptors (Lipinski definition) is 3. The van der Waals surface area contributed by atoms with Gasteiger partial charge in [0.05, 0.1) is 12.3 Å². The SMILES string of the molecule is CC1=C(C)CS(=O)N(c2cc(C)on2)C1. The van der Waals surface area contributed by atoms with Gasteiger partial charge in [0.15, 0.2) is 5.82 Å². The van der Waals surface area contributed by atoms with Crippen molar-refractivity contribution in [2.75, 3.05) is 16.6 Å². The van der Waals surface area contributed by atoms with Crippen LogP contribution in [0.3, 0.4) is 0 Å². The molecule has 15 heavy (non-hydrogen) atoms. The maximum Gasteiger partial charge on any atom is 0.184 e. The first-order chi connectivity index (χ1) is 7.08. The lowest BCUT2D eigenvalue weighted by Gasteiger charge is -2.26. The zero-order valence-corrected chi connectivity index (χ0v) is 9.93. The van der Waals surface area contributed by atoms with Crippen molar-refractivity contribution in [1.82, 2.24) is 5.16 Å². The van der Waals surface area contributed by atoms with Gasteiger partial charge < -0.3 is 4.52 Å². The van der Waals surface area contributed by atoms with E-state index in [1.54, 1.807) is 4.31 Å². The highest BCUT2D eigenvalue weighted by Gasteiger charge is 2.23. The van der Waals surface area contributed by atoms with Gasteiger partial charge in [-0.1, -0.05) is 16.3 Å². The average Bonchev–Trinajstić information content (AvgIpc) is 2.58. The highest BCUT2D eigenvalue weighted by molar-refractivity contribution is 7.86. The molecule has 0 radical (unpaired) electrons. The fourth-order valence-electron chi connectivity index (χ4n) is 1.46. The van der Waals surface area contributed by atoms with Crippen molar-refractivity contribution in [3.8, 4) is 0 Å². The van der Waals surface area contributed by atoms with Crippen LogP contribution >= 0.6 is 0 Å². The monoisotopic (exact) mass is 226 g/mol. The lowest BCUT2D eigenvalue weighted by Crippen LogP contribution is -2.34. The third-order valence-electron chi connectivity index (χ3n) is 2.57. The van der Waals surface area contributed by atoms with Gasteiger partial charge in [0.2, 0.25) is 0 Å². The van der Waals surface area contributed by atoms with Crippen LogP contribution in [-0.2, 0) is 11.0 Å². The molecule has 0 N–H and O–H groups in total. The molecule has 2 heterocycles. The summed E-state index contributed by atoms with van der Waals surface area (Å²) in [6.07, 6.45) is 0. The second-order valence-corrected chi connectivity index (χ2v) is 5.23. The van der Waals surface area contributed by atoms with Gasteiger partial charge in [-0.05, 0) is 20.8 Å². The smallest absolute Gasteiger partial charge is 0.184 e. The van der Waals surface area contributed by atoms with Crippen molar-refractivity contribution in [2.45, 2.75) is 20.8 Å². The Labute approximate surface area is 91.5 Å². The first kappa shape index (κ1) is 10.4. The summed E-state index contributed by atoms with van der Waals surface area (Å²) >= 11 is 0. The van der Waals surface area contributed by atoms with Crippen LogP contribution in [0.25, 0.3) is 0 Å². The van der Waals surface area contributed by atoms with Gasteiger partial charge in [0.25, 0.3) is 0 Å². The Hall–Kier alpha value is -1.10. The molecule has 1 unspecified atom stereocenters. The lowest BCUT2D eigenvalue weighted by molar-refractivity contribution is 0.399. The second kappa shape index (κ2) is 3.81. The Morgan fingerprint density at radius 2 is 2.13 bits per heavy atom. The fourth-order valence-corrected chi connectivity index (χ4v) is 2.87. The van der Waals surface area contributed by atoms with Gasteiger partial charge in [-0.3, -0.25) is 4.31 Å². The van der Waals surface area contributed by atoms with E-state index in [4.69, 9.17) is 4.52 Å². The third-order valence-corrected chi connectivity index (χ3v) is 4.05. The summed E-state index contributed by atoms with van der Waals surface area (Å²) < 4.78 is 18.6. The molecule has 0 fully saturated rings. The molecule has 0 saturated carbocycles. The van der Waals surface area contributed by atoms with Crippen LogP contribution < -0.4 is 4.31 Å². The minimum atomic E-state index is -1.01. The van der Waals surface area contributed by atoms with Crippen LogP contribution in [0.1, 0.15) is 19.6 Å². The van der Waals surface area contributed by atoms with E-state index in [2.05, 4.69) is 12.1 Å². The normalized spacial score (nSPS) is 22.3. The van der Waals surface area contributed by atoms with E-state index in [1.807, 2.05) is 19.9 Å². The Kier molecular flexibility index (Phi) is 2.65. The molecule has 0 saturated heterocycles.